The molecule has 3 unspecified atom stereocenters. The first kappa shape index (κ1) is 14.8. The Kier molecular flexibility index (Phi) is 3.92. The third kappa shape index (κ3) is 2.66. The van der Waals surface area contributed by atoms with Crippen LogP contribution in [-0.4, -0.2) is 36.7 Å². The standard InChI is InChI=1S/C15H24N4OS/c1-9-8-21-11(18-9)7-17-14(16-4)19-12-10-5-6-20-13(10)15(12,2)3/h8,10,12-13H,5-7H2,1-4H3,(H2,16,17,19). The molecule has 5 nitrogen and oxygen atoms in total. The van der Waals surface area contributed by atoms with E-state index in [4.69, 9.17) is 4.74 Å². The van der Waals surface area contributed by atoms with Crippen molar-refractivity contribution in [3.8, 4) is 0 Å². The lowest BCUT2D eigenvalue weighted by molar-refractivity contribution is -0.106. The number of nitrogens with one attached hydrogen (secondary N) is 2. The summed E-state index contributed by atoms with van der Waals surface area (Å²) in [4.78, 5) is 8.81. The van der Waals surface area contributed by atoms with E-state index in [-0.39, 0.29) is 5.41 Å². The topological polar surface area (TPSA) is 58.5 Å². The Morgan fingerprint density at radius 1 is 1.57 bits per heavy atom. The average Bonchev–Trinajstić information content (AvgIpc) is 3.06. The zero-order valence-corrected chi connectivity index (χ0v) is 14.0. The highest BCUT2D eigenvalue weighted by atomic mass is 32.1. The third-order valence-corrected chi connectivity index (χ3v) is 5.66. The number of nitrogens with zero attached hydrogens (tertiary/aromatic N) is 2. The number of ether oxygens (including phenoxy) is 1. The fraction of sp³-hybridized carbons (Fsp3) is 0.733. The Morgan fingerprint density at radius 2 is 2.38 bits per heavy atom. The van der Waals surface area contributed by atoms with Crippen LogP contribution in [0.15, 0.2) is 10.4 Å². The Labute approximate surface area is 130 Å². The summed E-state index contributed by atoms with van der Waals surface area (Å²) >= 11 is 1.68. The third-order valence-electron chi connectivity index (χ3n) is 4.69. The van der Waals surface area contributed by atoms with E-state index in [0.29, 0.717) is 18.1 Å². The van der Waals surface area contributed by atoms with Crippen LogP contribution < -0.4 is 10.6 Å². The summed E-state index contributed by atoms with van der Waals surface area (Å²) in [6.07, 6.45) is 1.55. The average molecular weight is 308 g/mol. The molecule has 2 aliphatic rings. The van der Waals surface area contributed by atoms with Gasteiger partial charge in [0, 0.05) is 42.1 Å². The van der Waals surface area contributed by atoms with Crippen molar-refractivity contribution < 1.29 is 4.74 Å². The molecule has 1 aromatic rings. The Morgan fingerprint density at radius 3 is 3.05 bits per heavy atom. The first-order chi connectivity index (χ1) is 10.0. The van der Waals surface area contributed by atoms with Crippen LogP contribution in [0.3, 0.4) is 0 Å². The van der Waals surface area contributed by atoms with Crippen LogP contribution in [0, 0.1) is 18.3 Å². The van der Waals surface area contributed by atoms with Gasteiger partial charge in [-0.25, -0.2) is 4.98 Å². The molecule has 2 N–H and O–H groups in total. The van der Waals surface area contributed by atoms with Gasteiger partial charge >= 0.3 is 0 Å². The predicted molar refractivity (Wildman–Crippen MR) is 85.6 cm³/mol. The van der Waals surface area contributed by atoms with Crippen LogP contribution in [0.2, 0.25) is 0 Å². The van der Waals surface area contributed by atoms with E-state index in [9.17, 15) is 0 Å². The van der Waals surface area contributed by atoms with E-state index in [1.807, 2.05) is 14.0 Å². The van der Waals surface area contributed by atoms with Crippen LogP contribution in [-0.2, 0) is 11.3 Å². The summed E-state index contributed by atoms with van der Waals surface area (Å²) in [7, 11) is 1.82. The van der Waals surface area contributed by atoms with Gasteiger partial charge in [-0.15, -0.1) is 11.3 Å². The van der Waals surface area contributed by atoms with E-state index >= 15 is 0 Å². The predicted octanol–water partition coefficient (Wildman–Crippen LogP) is 1.93. The van der Waals surface area contributed by atoms with Gasteiger partial charge in [-0.2, -0.15) is 0 Å². The molecule has 0 bridgehead atoms. The molecule has 116 valence electrons. The van der Waals surface area contributed by atoms with E-state index in [1.165, 1.54) is 0 Å². The summed E-state index contributed by atoms with van der Waals surface area (Å²) in [5, 5.41) is 10.1. The molecule has 0 spiro atoms. The molecule has 0 aromatic carbocycles. The van der Waals surface area contributed by atoms with Crippen molar-refractivity contribution in [3.05, 3.63) is 16.1 Å². The quantitative estimate of drug-likeness (QED) is 0.662. The molecule has 3 rings (SSSR count). The van der Waals surface area contributed by atoms with Crippen LogP contribution in [0.5, 0.6) is 0 Å². The molecular weight excluding hydrogens is 284 g/mol. The number of rotatable bonds is 3. The second-order valence-corrected chi connectivity index (χ2v) is 7.44. The molecule has 1 aliphatic carbocycles. The van der Waals surface area contributed by atoms with E-state index in [2.05, 4.69) is 39.8 Å². The van der Waals surface area contributed by atoms with E-state index in [0.717, 1.165) is 36.2 Å². The summed E-state index contributed by atoms with van der Waals surface area (Å²) in [5.41, 5.74) is 1.24. The smallest absolute Gasteiger partial charge is 0.191 e. The molecule has 0 radical (unpaired) electrons. The number of thiazole rings is 1. The van der Waals surface area contributed by atoms with Crippen molar-refractivity contribution in [2.75, 3.05) is 13.7 Å². The van der Waals surface area contributed by atoms with Gasteiger partial charge in [-0.3, -0.25) is 4.99 Å². The fourth-order valence-electron chi connectivity index (χ4n) is 3.60. The molecule has 6 heteroatoms. The normalized spacial score (nSPS) is 30.7. The molecule has 3 atom stereocenters. The van der Waals surface area contributed by atoms with Crippen LogP contribution in [0.25, 0.3) is 0 Å². The van der Waals surface area contributed by atoms with E-state index < -0.39 is 0 Å². The number of hydrogen-bond acceptors (Lipinski definition) is 4. The molecule has 21 heavy (non-hydrogen) atoms. The fourth-order valence-corrected chi connectivity index (χ4v) is 4.31. The SMILES string of the molecule is CN=C(NCc1nc(C)cs1)NC1C2CCOC2C1(C)C. The number of aliphatic imine (C=N–C) groups is 1. The van der Waals surface area contributed by atoms with Crippen LogP contribution in [0.4, 0.5) is 0 Å². The van der Waals surface area contributed by atoms with Crippen molar-refractivity contribution in [2.45, 2.75) is 45.9 Å². The molecule has 0 amide bonds. The highest BCUT2D eigenvalue weighted by Gasteiger charge is 2.59. The summed E-state index contributed by atoms with van der Waals surface area (Å²) < 4.78 is 5.84. The second kappa shape index (κ2) is 5.57. The minimum absolute atomic E-state index is 0.163. The summed E-state index contributed by atoms with van der Waals surface area (Å²) in [6, 6.07) is 0.425. The molecule has 1 saturated carbocycles. The van der Waals surface area contributed by atoms with Gasteiger partial charge in [0.15, 0.2) is 5.96 Å². The van der Waals surface area contributed by atoms with Crippen molar-refractivity contribution in [1.29, 1.82) is 0 Å². The number of guanidine groups is 1. The molecular formula is C15H24N4OS. The highest BCUT2D eigenvalue weighted by molar-refractivity contribution is 7.09. The van der Waals surface area contributed by atoms with Crippen LogP contribution in [0.1, 0.15) is 31.0 Å². The highest BCUT2D eigenvalue weighted by Crippen LogP contribution is 2.52. The largest absolute Gasteiger partial charge is 0.377 e. The molecule has 1 aliphatic heterocycles. The van der Waals surface area contributed by atoms with Gasteiger partial charge in [-0.05, 0) is 13.3 Å². The summed E-state index contributed by atoms with van der Waals surface area (Å²) in [5.74, 6) is 1.46. The van der Waals surface area contributed by atoms with Gasteiger partial charge in [0.2, 0.25) is 0 Å². The Balaban J connectivity index is 1.58. The number of aryl methyl sites for hydroxylation is 1. The molecule has 1 saturated heterocycles. The number of aromatic nitrogens is 1. The van der Waals surface area contributed by atoms with Crippen LogP contribution >= 0.6 is 11.3 Å². The van der Waals surface area contributed by atoms with Crippen molar-refractivity contribution in [2.24, 2.45) is 16.3 Å². The van der Waals surface area contributed by atoms with Gasteiger partial charge in [0.25, 0.3) is 0 Å². The molecule has 1 aromatic heterocycles. The first-order valence-electron chi connectivity index (χ1n) is 7.52. The maximum atomic E-state index is 5.84. The Bertz CT molecular complexity index is 540. The van der Waals surface area contributed by atoms with Crippen molar-refractivity contribution in [3.63, 3.8) is 0 Å². The number of fused-ring (bicyclic) bond motifs is 1. The van der Waals surface area contributed by atoms with Gasteiger partial charge in [-0.1, -0.05) is 13.8 Å². The van der Waals surface area contributed by atoms with Gasteiger partial charge < -0.3 is 15.4 Å². The monoisotopic (exact) mass is 308 g/mol. The lowest BCUT2D eigenvalue weighted by Crippen LogP contribution is -2.67. The zero-order chi connectivity index (χ0) is 15.0. The zero-order valence-electron chi connectivity index (χ0n) is 13.1. The lowest BCUT2D eigenvalue weighted by atomic mass is 9.57. The second-order valence-electron chi connectivity index (χ2n) is 6.50. The summed E-state index contributed by atoms with van der Waals surface area (Å²) in [6.45, 7) is 8.17. The number of hydrogen-bond donors (Lipinski definition) is 2. The maximum Gasteiger partial charge on any atom is 0.191 e. The van der Waals surface area contributed by atoms with Crippen molar-refractivity contribution in [1.82, 2.24) is 15.6 Å². The Hall–Kier alpha value is -1.14. The molecule has 2 fully saturated rings. The first-order valence-corrected chi connectivity index (χ1v) is 8.40. The maximum absolute atomic E-state index is 5.84. The minimum atomic E-state index is 0.163. The lowest BCUT2D eigenvalue weighted by Gasteiger charge is -2.54. The molecule has 2 heterocycles. The van der Waals surface area contributed by atoms with Gasteiger partial charge in [0.05, 0.1) is 12.6 Å². The minimum Gasteiger partial charge on any atom is -0.377 e. The van der Waals surface area contributed by atoms with E-state index in [1.54, 1.807) is 11.3 Å². The van der Waals surface area contributed by atoms with Gasteiger partial charge in [0.1, 0.15) is 5.01 Å². The van der Waals surface area contributed by atoms with Crippen molar-refractivity contribution >= 4 is 17.3 Å².